The van der Waals surface area contributed by atoms with Crippen molar-refractivity contribution in [2.24, 2.45) is 5.73 Å². The van der Waals surface area contributed by atoms with E-state index in [1.54, 1.807) is 0 Å². The molecule has 0 amide bonds. The molecule has 0 spiro atoms. The number of nitrogens with two attached hydrogens (primary N) is 1. The molecule has 1 aliphatic carbocycles. The lowest BCUT2D eigenvalue weighted by Crippen LogP contribution is -2.21. The van der Waals surface area contributed by atoms with Crippen molar-refractivity contribution in [1.29, 1.82) is 0 Å². The number of phenols is 1. The molecule has 1 saturated carbocycles. The maximum Gasteiger partial charge on any atom is 0.122 e. The van der Waals surface area contributed by atoms with Crippen molar-refractivity contribution in [2.45, 2.75) is 32.1 Å². The van der Waals surface area contributed by atoms with E-state index in [1.807, 2.05) is 19.9 Å². The molecule has 15 heavy (non-hydrogen) atoms. The second-order valence-electron chi connectivity index (χ2n) is 4.51. The molecule has 2 nitrogen and oxygen atoms in total. The molecule has 0 aromatic heterocycles. The highest BCUT2D eigenvalue weighted by Gasteiger charge is 2.46. The Morgan fingerprint density at radius 1 is 1.47 bits per heavy atom. The first-order valence-electron chi connectivity index (χ1n) is 5.21. The van der Waals surface area contributed by atoms with Gasteiger partial charge in [0, 0.05) is 22.0 Å². The zero-order valence-electron chi connectivity index (χ0n) is 9.10. The average molecular weight is 270 g/mol. The van der Waals surface area contributed by atoms with Gasteiger partial charge in [0.25, 0.3) is 0 Å². The molecule has 1 aromatic rings. The molecular weight excluding hydrogens is 254 g/mol. The van der Waals surface area contributed by atoms with Crippen molar-refractivity contribution in [3.05, 3.63) is 27.2 Å². The smallest absolute Gasteiger partial charge is 0.122 e. The van der Waals surface area contributed by atoms with Crippen LogP contribution in [0, 0.1) is 13.8 Å². The van der Waals surface area contributed by atoms with Crippen LogP contribution in [-0.2, 0) is 5.41 Å². The van der Waals surface area contributed by atoms with E-state index >= 15 is 0 Å². The zero-order chi connectivity index (χ0) is 11.2. The monoisotopic (exact) mass is 269 g/mol. The summed E-state index contributed by atoms with van der Waals surface area (Å²) in [4.78, 5) is 0. The molecule has 0 bridgehead atoms. The fourth-order valence-corrected chi connectivity index (χ4v) is 2.76. The second kappa shape index (κ2) is 3.49. The van der Waals surface area contributed by atoms with Gasteiger partial charge >= 0.3 is 0 Å². The van der Waals surface area contributed by atoms with Gasteiger partial charge in [-0.25, -0.2) is 0 Å². The van der Waals surface area contributed by atoms with E-state index in [0.29, 0.717) is 12.3 Å². The Morgan fingerprint density at radius 2 is 2.07 bits per heavy atom. The van der Waals surface area contributed by atoms with Crippen molar-refractivity contribution in [3.63, 3.8) is 0 Å². The van der Waals surface area contributed by atoms with Crippen molar-refractivity contribution in [3.8, 4) is 5.75 Å². The molecule has 82 valence electrons. The number of phenolic OH excluding ortho intramolecular Hbond substituents is 1. The van der Waals surface area contributed by atoms with Gasteiger partial charge < -0.3 is 10.8 Å². The van der Waals surface area contributed by atoms with E-state index in [1.165, 1.54) is 0 Å². The zero-order valence-corrected chi connectivity index (χ0v) is 10.7. The van der Waals surface area contributed by atoms with Crippen molar-refractivity contribution in [2.75, 3.05) is 6.54 Å². The van der Waals surface area contributed by atoms with Gasteiger partial charge in [0.05, 0.1) is 0 Å². The summed E-state index contributed by atoms with van der Waals surface area (Å²) < 4.78 is 1.06. The SMILES string of the molecule is Cc1cc(Br)c(C)c(C2(CN)CC2)c1O. The molecule has 0 radical (unpaired) electrons. The summed E-state index contributed by atoms with van der Waals surface area (Å²) in [5.74, 6) is 0.429. The number of benzene rings is 1. The molecule has 1 aliphatic rings. The van der Waals surface area contributed by atoms with Crippen LogP contribution in [-0.4, -0.2) is 11.7 Å². The molecule has 0 aliphatic heterocycles. The minimum atomic E-state index is 0.0444. The third-order valence-corrected chi connectivity index (χ3v) is 4.29. The first-order valence-corrected chi connectivity index (χ1v) is 6.00. The van der Waals surface area contributed by atoms with Gasteiger partial charge in [-0.05, 0) is 43.9 Å². The number of rotatable bonds is 2. The summed E-state index contributed by atoms with van der Waals surface area (Å²) in [6.07, 6.45) is 2.18. The van der Waals surface area contributed by atoms with Gasteiger partial charge in [0.15, 0.2) is 0 Å². The van der Waals surface area contributed by atoms with Crippen LogP contribution < -0.4 is 5.73 Å². The molecule has 3 N–H and O–H groups in total. The molecule has 2 rings (SSSR count). The number of halogens is 1. The second-order valence-corrected chi connectivity index (χ2v) is 5.36. The average Bonchev–Trinajstić information content (AvgIpc) is 2.96. The van der Waals surface area contributed by atoms with Crippen LogP contribution in [0.4, 0.5) is 0 Å². The Hall–Kier alpha value is -0.540. The van der Waals surface area contributed by atoms with E-state index in [2.05, 4.69) is 15.9 Å². The molecule has 0 heterocycles. The highest BCUT2D eigenvalue weighted by Crippen LogP contribution is 2.53. The summed E-state index contributed by atoms with van der Waals surface area (Å²) >= 11 is 3.53. The van der Waals surface area contributed by atoms with Gasteiger partial charge in [0.1, 0.15) is 5.75 Å². The highest BCUT2D eigenvalue weighted by atomic mass is 79.9. The lowest BCUT2D eigenvalue weighted by molar-refractivity contribution is 0.453. The van der Waals surface area contributed by atoms with E-state index in [-0.39, 0.29) is 5.41 Å². The summed E-state index contributed by atoms with van der Waals surface area (Å²) in [5, 5.41) is 10.1. The Labute approximate surface area is 98.6 Å². The highest BCUT2D eigenvalue weighted by molar-refractivity contribution is 9.10. The van der Waals surface area contributed by atoms with E-state index in [4.69, 9.17) is 5.73 Å². The van der Waals surface area contributed by atoms with Crippen molar-refractivity contribution >= 4 is 15.9 Å². The van der Waals surface area contributed by atoms with Crippen LogP contribution >= 0.6 is 15.9 Å². The predicted octanol–water partition coefficient (Wildman–Crippen LogP) is 2.76. The van der Waals surface area contributed by atoms with Crippen LogP contribution in [0.2, 0.25) is 0 Å². The standard InChI is InChI=1S/C12H16BrNO/c1-7-5-9(13)8(2)10(11(7)15)12(6-14)3-4-12/h5,15H,3-4,6,14H2,1-2H3. The van der Waals surface area contributed by atoms with Crippen LogP contribution in [0.1, 0.15) is 29.5 Å². The maximum absolute atomic E-state index is 10.1. The first-order chi connectivity index (χ1) is 7.02. The predicted molar refractivity (Wildman–Crippen MR) is 65.2 cm³/mol. The fourth-order valence-electron chi connectivity index (χ4n) is 2.22. The lowest BCUT2D eigenvalue weighted by Gasteiger charge is -2.20. The molecule has 0 atom stereocenters. The minimum Gasteiger partial charge on any atom is -0.507 e. The number of hydrogen-bond donors (Lipinski definition) is 2. The quantitative estimate of drug-likeness (QED) is 0.868. The van der Waals surface area contributed by atoms with Crippen molar-refractivity contribution in [1.82, 2.24) is 0 Å². The van der Waals surface area contributed by atoms with E-state index < -0.39 is 0 Å². The largest absolute Gasteiger partial charge is 0.507 e. The van der Waals surface area contributed by atoms with Gasteiger partial charge in [-0.1, -0.05) is 15.9 Å². The minimum absolute atomic E-state index is 0.0444. The molecule has 0 unspecified atom stereocenters. The lowest BCUT2D eigenvalue weighted by atomic mass is 9.89. The molecule has 0 saturated heterocycles. The Kier molecular flexibility index (Phi) is 2.55. The van der Waals surface area contributed by atoms with Crippen LogP contribution in [0.15, 0.2) is 10.5 Å². The summed E-state index contributed by atoms with van der Waals surface area (Å²) in [7, 11) is 0. The van der Waals surface area contributed by atoms with Crippen LogP contribution in [0.25, 0.3) is 0 Å². The summed E-state index contributed by atoms with van der Waals surface area (Å²) in [6, 6.07) is 1.96. The topological polar surface area (TPSA) is 46.2 Å². The fraction of sp³-hybridized carbons (Fsp3) is 0.500. The van der Waals surface area contributed by atoms with E-state index in [0.717, 1.165) is 34.0 Å². The Bertz CT molecular complexity index is 384. The van der Waals surface area contributed by atoms with Gasteiger partial charge in [0.2, 0.25) is 0 Å². The Morgan fingerprint density at radius 3 is 2.53 bits per heavy atom. The molecular formula is C12H16BrNO. The number of aryl methyl sites for hydroxylation is 1. The summed E-state index contributed by atoms with van der Waals surface area (Å²) in [6.45, 7) is 4.58. The molecule has 1 aromatic carbocycles. The van der Waals surface area contributed by atoms with E-state index in [9.17, 15) is 5.11 Å². The third kappa shape index (κ3) is 1.58. The maximum atomic E-state index is 10.1. The van der Waals surface area contributed by atoms with Crippen LogP contribution in [0.3, 0.4) is 0 Å². The molecule has 1 fully saturated rings. The van der Waals surface area contributed by atoms with Gasteiger partial charge in [-0.2, -0.15) is 0 Å². The van der Waals surface area contributed by atoms with Crippen LogP contribution in [0.5, 0.6) is 5.75 Å². The first kappa shape index (κ1) is 11.0. The molecule has 3 heteroatoms. The van der Waals surface area contributed by atoms with Gasteiger partial charge in [-0.3, -0.25) is 0 Å². The number of hydrogen-bond acceptors (Lipinski definition) is 2. The Balaban J connectivity index is 2.64. The van der Waals surface area contributed by atoms with Crippen molar-refractivity contribution < 1.29 is 5.11 Å². The van der Waals surface area contributed by atoms with Gasteiger partial charge in [-0.15, -0.1) is 0 Å². The normalized spacial score (nSPS) is 17.9. The third-order valence-electron chi connectivity index (χ3n) is 3.46. The summed E-state index contributed by atoms with van der Waals surface area (Å²) in [5.41, 5.74) is 8.95. The number of aromatic hydroxyl groups is 1.